The van der Waals surface area contributed by atoms with Gasteiger partial charge < -0.3 is 0 Å². The first-order chi connectivity index (χ1) is 10.4. The van der Waals surface area contributed by atoms with E-state index in [0.717, 1.165) is 44.5 Å². The van der Waals surface area contributed by atoms with Crippen LogP contribution in [0.5, 0.6) is 0 Å². The smallest absolute Gasteiger partial charge is 0.157 e. The average molecular weight is 322 g/mol. The lowest BCUT2D eigenvalue weighted by Gasteiger charge is -2.23. The van der Waals surface area contributed by atoms with Crippen LogP contribution in [-0.2, 0) is 22.8 Å². The van der Waals surface area contributed by atoms with Crippen LogP contribution in [0.2, 0.25) is 0 Å². The summed E-state index contributed by atoms with van der Waals surface area (Å²) in [5.74, 6) is 0.615. The molecule has 0 spiro atoms. The third-order valence-electron chi connectivity index (χ3n) is 4.88. The largest absolute Gasteiger partial charge is 0.298 e. The Morgan fingerprint density at radius 2 is 2.00 bits per heavy atom. The van der Waals surface area contributed by atoms with E-state index in [0.29, 0.717) is 12.5 Å². The van der Waals surface area contributed by atoms with Crippen LogP contribution < -0.4 is 0 Å². The van der Waals surface area contributed by atoms with E-state index in [1.54, 1.807) is 0 Å². The second-order valence-corrected chi connectivity index (χ2v) is 9.70. The molecule has 0 amide bonds. The zero-order valence-corrected chi connectivity index (χ0v) is 14.3. The number of pyridine rings is 1. The van der Waals surface area contributed by atoms with Crippen LogP contribution in [0.1, 0.15) is 44.4 Å². The monoisotopic (exact) mass is 322 g/mol. The van der Waals surface area contributed by atoms with Crippen LogP contribution in [0.15, 0.2) is 18.3 Å². The average Bonchev–Trinajstić information content (AvgIpc) is 2.63. The fourth-order valence-corrected chi connectivity index (χ4v) is 6.00. The van der Waals surface area contributed by atoms with Gasteiger partial charge in [0, 0.05) is 25.0 Å². The fourth-order valence-electron chi connectivity index (χ4n) is 3.67. The molecule has 122 valence electrons. The topological polar surface area (TPSA) is 50.3 Å². The van der Waals surface area contributed by atoms with Crippen molar-refractivity contribution in [3.05, 3.63) is 29.6 Å². The summed E-state index contributed by atoms with van der Waals surface area (Å²) in [6.07, 6.45) is 5.46. The number of hydrogen-bond donors (Lipinski definition) is 0. The Morgan fingerprint density at radius 3 is 2.68 bits per heavy atom. The molecule has 2 bridgehead atoms. The molecule has 1 aromatic heterocycles. The molecule has 2 unspecified atom stereocenters. The fraction of sp³-hybridized carbons (Fsp3) is 0.706. The first-order valence-electron chi connectivity index (χ1n) is 8.34. The zero-order valence-electron chi connectivity index (χ0n) is 13.5. The van der Waals surface area contributed by atoms with E-state index in [9.17, 15) is 8.42 Å². The van der Waals surface area contributed by atoms with Gasteiger partial charge in [0.2, 0.25) is 0 Å². The minimum atomic E-state index is -2.87. The van der Waals surface area contributed by atoms with Crippen LogP contribution in [0, 0.1) is 5.92 Å². The minimum Gasteiger partial charge on any atom is -0.298 e. The number of aromatic nitrogens is 1. The lowest BCUT2D eigenvalue weighted by molar-refractivity contribution is 0.254. The lowest BCUT2D eigenvalue weighted by atomic mass is 10.1. The summed E-state index contributed by atoms with van der Waals surface area (Å²) in [5, 5.41) is -0.234. The van der Waals surface area contributed by atoms with E-state index in [4.69, 9.17) is 0 Å². The second kappa shape index (κ2) is 6.28. The third-order valence-corrected chi connectivity index (χ3v) is 7.59. The van der Waals surface area contributed by atoms with E-state index in [2.05, 4.69) is 35.9 Å². The van der Waals surface area contributed by atoms with Crippen molar-refractivity contribution >= 4 is 9.84 Å². The molecule has 0 aromatic carbocycles. The quantitative estimate of drug-likeness (QED) is 0.854. The van der Waals surface area contributed by atoms with Gasteiger partial charge >= 0.3 is 0 Å². The predicted molar refractivity (Wildman–Crippen MR) is 88.4 cm³/mol. The van der Waals surface area contributed by atoms with Gasteiger partial charge in [-0.05, 0) is 49.8 Å². The Morgan fingerprint density at radius 1 is 1.23 bits per heavy atom. The Hall–Kier alpha value is -0.940. The van der Waals surface area contributed by atoms with E-state index in [1.165, 1.54) is 5.56 Å². The molecule has 2 aliphatic heterocycles. The molecule has 22 heavy (non-hydrogen) atoms. The van der Waals surface area contributed by atoms with Crippen molar-refractivity contribution < 1.29 is 8.42 Å². The van der Waals surface area contributed by atoms with Gasteiger partial charge in [-0.3, -0.25) is 9.88 Å². The molecule has 3 heterocycles. The number of fused-ring (bicyclic) bond motifs is 2. The molecule has 2 saturated heterocycles. The SMILES string of the molecule is CC(C)Cc1ccc(CN2CCC3CCC(C2)S3(=O)=O)cn1. The van der Waals surface area contributed by atoms with Gasteiger partial charge in [-0.15, -0.1) is 0 Å². The van der Waals surface area contributed by atoms with Gasteiger partial charge in [-0.25, -0.2) is 8.42 Å². The maximum atomic E-state index is 12.3. The maximum Gasteiger partial charge on any atom is 0.157 e. The zero-order chi connectivity index (χ0) is 15.7. The van der Waals surface area contributed by atoms with Gasteiger partial charge in [0.15, 0.2) is 9.84 Å². The second-order valence-electron chi connectivity index (χ2n) is 7.19. The van der Waals surface area contributed by atoms with Crippen LogP contribution in [0.25, 0.3) is 0 Å². The maximum absolute atomic E-state index is 12.3. The van der Waals surface area contributed by atoms with Gasteiger partial charge in [0.25, 0.3) is 0 Å². The molecule has 0 radical (unpaired) electrons. The highest BCUT2D eigenvalue weighted by molar-refractivity contribution is 7.93. The van der Waals surface area contributed by atoms with Gasteiger partial charge in [0.05, 0.1) is 10.5 Å². The van der Waals surface area contributed by atoms with Crippen molar-refractivity contribution in [1.29, 1.82) is 0 Å². The molecule has 2 atom stereocenters. The third kappa shape index (κ3) is 3.35. The highest BCUT2D eigenvalue weighted by atomic mass is 32.2. The number of sulfone groups is 1. The van der Waals surface area contributed by atoms with Crippen molar-refractivity contribution in [3.8, 4) is 0 Å². The lowest BCUT2D eigenvalue weighted by Crippen LogP contribution is -2.32. The Balaban J connectivity index is 1.64. The summed E-state index contributed by atoms with van der Waals surface area (Å²) < 4.78 is 24.6. The number of nitrogens with zero attached hydrogens (tertiary/aromatic N) is 2. The molecule has 2 fully saturated rings. The highest BCUT2D eigenvalue weighted by Gasteiger charge is 2.43. The molecule has 0 N–H and O–H groups in total. The Labute approximate surface area is 133 Å². The van der Waals surface area contributed by atoms with Gasteiger partial charge in [-0.2, -0.15) is 0 Å². The minimum absolute atomic E-state index is 0.0888. The summed E-state index contributed by atoms with van der Waals surface area (Å²) in [4.78, 5) is 6.83. The molecular formula is C17H26N2O2S. The molecular weight excluding hydrogens is 296 g/mol. The van der Waals surface area contributed by atoms with E-state index in [1.807, 2.05) is 6.20 Å². The molecule has 4 nitrogen and oxygen atoms in total. The molecule has 3 rings (SSSR count). The first kappa shape index (κ1) is 15.9. The van der Waals surface area contributed by atoms with Crippen molar-refractivity contribution in [2.45, 2.75) is 56.6 Å². The van der Waals surface area contributed by atoms with Crippen LogP contribution in [0.3, 0.4) is 0 Å². The summed E-state index contributed by atoms with van der Waals surface area (Å²) in [6.45, 7) is 6.78. The van der Waals surface area contributed by atoms with Crippen molar-refractivity contribution in [2.75, 3.05) is 13.1 Å². The van der Waals surface area contributed by atoms with Crippen molar-refractivity contribution in [2.24, 2.45) is 5.92 Å². The molecule has 0 aliphatic carbocycles. The number of likely N-dealkylation sites (tertiary alicyclic amines) is 1. The van der Waals surface area contributed by atoms with Gasteiger partial charge in [0.1, 0.15) is 0 Å². The molecule has 5 heteroatoms. The molecule has 0 saturated carbocycles. The van der Waals surface area contributed by atoms with Crippen LogP contribution >= 0.6 is 0 Å². The van der Waals surface area contributed by atoms with E-state index < -0.39 is 9.84 Å². The Kier molecular flexibility index (Phi) is 4.55. The van der Waals surface area contributed by atoms with Crippen molar-refractivity contribution in [3.63, 3.8) is 0 Å². The summed E-state index contributed by atoms with van der Waals surface area (Å²) in [7, 11) is -2.87. The summed E-state index contributed by atoms with van der Waals surface area (Å²) >= 11 is 0. The van der Waals surface area contributed by atoms with E-state index in [-0.39, 0.29) is 10.5 Å². The number of hydrogen-bond acceptors (Lipinski definition) is 4. The summed E-state index contributed by atoms with van der Waals surface area (Å²) in [6, 6.07) is 4.25. The standard InChI is InChI=1S/C17H26N2O2S/c1-13(2)9-15-4-3-14(10-18-15)11-19-8-7-16-5-6-17(12-19)22(16,20)21/h3-4,10,13,16-17H,5-9,11-12H2,1-2H3. The molecule has 2 aliphatic rings. The normalized spacial score (nSPS) is 28.0. The first-order valence-corrected chi connectivity index (χ1v) is 9.95. The van der Waals surface area contributed by atoms with Crippen molar-refractivity contribution in [1.82, 2.24) is 9.88 Å². The van der Waals surface area contributed by atoms with Crippen LogP contribution in [0.4, 0.5) is 0 Å². The van der Waals surface area contributed by atoms with E-state index >= 15 is 0 Å². The predicted octanol–water partition coefficient (Wildman–Crippen LogP) is 2.43. The van der Waals surface area contributed by atoms with Crippen LogP contribution in [-0.4, -0.2) is 41.9 Å². The van der Waals surface area contributed by atoms with Gasteiger partial charge in [-0.1, -0.05) is 19.9 Å². The highest BCUT2D eigenvalue weighted by Crippen LogP contribution is 2.33. The summed E-state index contributed by atoms with van der Waals surface area (Å²) in [5.41, 5.74) is 2.32. The molecule has 1 aromatic rings. The Bertz CT molecular complexity index is 610. The number of rotatable bonds is 4.